The van der Waals surface area contributed by atoms with Gasteiger partial charge in [-0.25, -0.2) is 4.39 Å². The predicted molar refractivity (Wildman–Crippen MR) is 93.6 cm³/mol. The van der Waals surface area contributed by atoms with Gasteiger partial charge >= 0.3 is 0 Å². The molecule has 4 nitrogen and oxygen atoms in total. The highest BCUT2D eigenvalue weighted by atomic mass is 19.1. The van der Waals surface area contributed by atoms with Crippen LogP contribution in [0.4, 0.5) is 15.8 Å². The number of halogens is 1. The van der Waals surface area contributed by atoms with E-state index in [1.807, 2.05) is 13.8 Å². The predicted octanol–water partition coefficient (Wildman–Crippen LogP) is 4.12. The molecule has 0 aliphatic heterocycles. The molecule has 122 valence electrons. The average molecular weight is 315 g/mol. The maximum absolute atomic E-state index is 13.3. The van der Waals surface area contributed by atoms with Crippen LogP contribution in [0, 0.1) is 18.2 Å². The number of hydrogen-bond donors (Lipinski definition) is 3. The summed E-state index contributed by atoms with van der Waals surface area (Å²) in [5.41, 5.74) is 8.60. The zero-order valence-electron chi connectivity index (χ0n) is 13.8. The van der Waals surface area contributed by atoms with Gasteiger partial charge in [0, 0.05) is 29.4 Å². The maximum atomic E-state index is 13.3. The molecule has 0 unspecified atom stereocenters. The molecule has 0 bridgehead atoms. The van der Waals surface area contributed by atoms with Crippen LogP contribution in [0.5, 0.6) is 0 Å². The second-order valence-corrected chi connectivity index (χ2v) is 4.82. The van der Waals surface area contributed by atoms with Crippen LogP contribution < -0.4 is 11.1 Å². The summed E-state index contributed by atoms with van der Waals surface area (Å²) in [4.78, 5) is 11.1. The molecule has 0 fully saturated rings. The summed E-state index contributed by atoms with van der Waals surface area (Å²) in [6.45, 7) is 7.05. The fraction of sp³-hybridized carbons (Fsp3) is 0.222. The minimum atomic E-state index is -0.313. The summed E-state index contributed by atoms with van der Waals surface area (Å²) in [5, 5.41) is 10.9. The lowest BCUT2D eigenvalue weighted by molar-refractivity contribution is -0.114. The van der Waals surface area contributed by atoms with Crippen LogP contribution in [-0.2, 0) is 4.79 Å². The molecule has 0 aromatic heterocycles. The molecule has 2 aromatic rings. The number of nitrogens with two attached hydrogens (primary N) is 1. The Morgan fingerprint density at radius 2 is 1.83 bits per heavy atom. The van der Waals surface area contributed by atoms with Crippen LogP contribution in [0.2, 0.25) is 0 Å². The van der Waals surface area contributed by atoms with Crippen molar-refractivity contribution in [3.63, 3.8) is 0 Å². The molecule has 5 heteroatoms. The van der Waals surface area contributed by atoms with Crippen molar-refractivity contribution in [2.24, 2.45) is 0 Å². The van der Waals surface area contributed by atoms with Gasteiger partial charge in [-0.05, 0) is 48.9 Å². The van der Waals surface area contributed by atoms with E-state index in [0.717, 1.165) is 0 Å². The van der Waals surface area contributed by atoms with Gasteiger partial charge in [0.2, 0.25) is 5.91 Å². The Kier molecular flexibility index (Phi) is 6.45. The van der Waals surface area contributed by atoms with Crippen LogP contribution in [0.25, 0.3) is 0 Å². The van der Waals surface area contributed by atoms with Gasteiger partial charge in [-0.2, -0.15) is 0 Å². The lowest BCUT2D eigenvalue weighted by atomic mass is 9.99. The van der Waals surface area contributed by atoms with Gasteiger partial charge in [0.25, 0.3) is 0 Å². The highest BCUT2D eigenvalue weighted by Crippen LogP contribution is 2.22. The van der Waals surface area contributed by atoms with Crippen molar-refractivity contribution in [2.75, 3.05) is 11.1 Å². The number of hydrogen-bond acceptors (Lipinski definition) is 3. The molecule has 4 N–H and O–H groups in total. The number of nitrogen functional groups attached to an aromatic ring is 1. The zero-order chi connectivity index (χ0) is 17.6. The van der Waals surface area contributed by atoms with Gasteiger partial charge in [-0.15, -0.1) is 0 Å². The van der Waals surface area contributed by atoms with E-state index in [-0.39, 0.29) is 17.4 Å². The highest BCUT2D eigenvalue weighted by Gasteiger charge is 2.11. The Morgan fingerprint density at radius 3 is 2.39 bits per heavy atom. The highest BCUT2D eigenvalue weighted by molar-refractivity contribution is 6.14. The number of anilines is 2. The van der Waals surface area contributed by atoms with Crippen molar-refractivity contribution in [1.29, 1.82) is 5.41 Å². The van der Waals surface area contributed by atoms with Crippen LogP contribution >= 0.6 is 0 Å². The van der Waals surface area contributed by atoms with Gasteiger partial charge in [-0.3, -0.25) is 10.2 Å². The number of benzene rings is 2. The molecule has 0 saturated heterocycles. The summed E-state index contributed by atoms with van der Waals surface area (Å²) < 4.78 is 13.3. The van der Waals surface area contributed by atoms with Crippen molar-refractivity contribution in [1.82, 2.24) is 0 Å². The average Bonchev–Trinajstić information content (AvgIpc) is 2.53. The topological polar surface area (TPSA) is 79.0 Å². The lowest BCUT2D eigenvalue weighted by Crippen LogP contribution is -2.10. The van der Waals surface area contributed by atoms with E-state index in [0.29, 0.717) is 28.1 Å². The number of aryl methyl sites for hydroxylation is 1. The molecule has 0 atom stereocenters. The molecule has 23 heavy (non-hydrogen) atoms. The summed E-state index contributed by atoms with van der Waals surface area (Å²) >= 11 is 0. The third-order valence-corrected chi connectivity index (χ3v) is 3.09. The van der Waals surface area contributed by atoms with Crippen molar-refractivity contribution >= 4 is 23.0 Å². The number of nitrogens with one attached hydrogen (secondary N) is 2. The van der Waals surface area contributed by atoms with E-state index >= 15 is 0 Å². The molecular formula is C18H22FN3O. The molecular weight excluding hydrogens is 293 g/mol. The zero-order valence-corrected chi connectivity index (χ0v) is 13.8. The maximum Gasteiger partial charge on any atom is 0.221 e. The number of carbonyl (C=O) groups excluding carboxylic acids is 1. The van der Waals surface area contributed by atoms with Crippen molar-refractivity contribution < 1.29 is 9.18 Å². The second kappa shape index (κ2) is 8.08. The Balaban J connectivity index is 0.00000127. The summed E-state index contributed by atoms with van der Waals surface area (Å²) in [5.74, 6) is -0.513. The molecule has 0 aliphatic carbocycles. The quantitative estimate of drug-likeness (QED) is 0.588. The smallest absolute Gasteiger partial charge is 0.221 e. The Bertz CT molecular complexity index is 726. The lowest BCUT2D eigenvalue weighted by Gasteiger charge is -2.11. The summed E-state index contributed by atoms with van der Waals surface area (Å²) in [6.07, 6.45) is 0. The minimum Gasteiger partial charge on any atom is -0.398 e. The van der Waals surface area contributed by atoms with Crippen LogP contribution in [0.15, 0.2) is 36.4 Å². The van der Waals surface area contributed by atoms with Crippen molar-refractivity contribution in [2.45, 2.75) is 27.7 Å². The molecule has 0 radical (unpaired) electrons. The van der Waals surface area contributed by atoms with Gasteiger partial charge in [0.1, 0.15) is 5.82 Å². The van der Waals surface area contributed by atoms with E-state index in [1.165, 1.54) is 19.1 Å². The third kappa shape index (κ3) is 4.64. The van der Waals surface area contributed by atoms with Crippen LogP contribution in [0.3, 0.4) is 0 Å². The van der Waals surface area contributed by atoms with Gasteiger partial charge in [-0.1, -0.05) is 13.8 Å². The Hall–Kier alpha value is -2.69. The third-order valence-electron chi connectivity index (χ3n) is 3.09. The van der Waals surface area contributed by atoms with Gasteiger partial charge in [0.15, 0.2) is 0 Å². The van der Waals surface area contributed by atoms with E-state index in [9.17, 15) is 9.18 Å². The molecule has 0 aliphatic rings. The first-order chi connectivity index (χ1) is 10.9. The second-order valence-electron chi connectivity index (χ2n) is 4.82. The summed E-state index contributed by atoms with van der Waals surface area (Å²) in [7, 11) is 0. The van der Waals surface area contributed by atoms with E-state index in [2.05, 4.69) is 5.32 Å². The number of amides is 1. The van der Waals surface area contributed by atoms with Gasteiger partial charge in [0.05, 0.1) is 5.71 Å². The summed E-state index contributed by atoms with van der Waals surface area (Å²) in [6, 6.07) is 9.40. The van der Waals surface area contributed by atoms with Crippen LogP contribution in [-0.4, -0.2) is 11.6 Å². The van der Waals surface area contributed by atoms with E-state index in [1.54, 1.807) is 31.2 Å². The van der Waals surface area contributed by atoms with Crippen molar-refractivity contribution in [3.8, 4) is 0 Å². The largest absolute Gasteiger partial charge is 0.398 e. The standard InChI is InChI=1S/C16H16FN3O.C2H6/c1-9-7-11(3-5-14(9)17)16(19)13-8-12(20-10(2)21)4-6-15(13)18;1-2/h3-8,19H,18H2,1-2H3,(H,20,21);1-2H3. The number of rotatable bonds is 3. The monoisotopic (exact) mass is 315 g/mol. The Morgan fingerprint density at radius 1 is 1.17 bits per heavy atom. The minimum absolute atomic E-state index is 0.183. The van der Waals surface area contributed by atoms with E-state index < -0.39 is 0 Å². The molecule has 0 heterocycles. The Labute approximate surface area is 136 Å². The molecule has 2 rings (SSSR count). The fourth-order valence-electron chi connectivity index (χ4n) is 2.01. The van der Waals surface area contributed by atoms with E-state index in [4.69, 9.17) is 11.1 Å². The normalized spacial score (nSPS) is 9.61. The molecule has 2 aromatic carbocycles. The SMILES string of the molecule is CC.CC(=O)Nc1ccc(N)c(C(=N)c2ccc(F)c(C)c2)c1. The number of carbonyl (C=O) groups is 1. The van der Waals surface area contributed by atoms with Gasteiger partial charge < -0.3 is 11.1 Å². The van der Waals surface area contributed by atoms with Crippen molar-refractivity contribution in [3.05, 3.63) is 58.9 Å². The molecule has 1 amide bonds. The first-order valence-electron chi connectivity index (χ1n) is 7.41. The fourth-order valence-corrected chi connectivity index (χ4v) is 2.01. The van der Waals surface area contributed by atoms with Crippen LogP contribution in [0.1, 0.15) is 37.5 Å². The first kappa shape index (κ1) is 18.4. The molecule has 0 spiro atoms. The molecule has 0 saturated carbocycles. The first-order valence-corrected chi connectivity index (χ1v) is 7.41.